The highest BCUT2D eigenvalue weighted by atomic mass is 16.6. The van der Waals surface area contributed by atoms with Crippen molar-refractivity contribution in [3.05, 3.63) is 53.6 Å². The fourth-order valence-electron chi connectivity index (χ4n) is 4.01. The van der Waals surface area contributed by atoms with Crippen LogP contribution >= 0.6 is 0 Å². The van der Waals surface area contributed by atoms with E-state index in [0.717, 1.165) is 36.4 Å². The molecule has 1 N–H and O–H groups in total. The zero-order chi connectivity index (χ0) is 20.9. The highest BCUT2D eigenvalue weighted by Gasteiger charge is 2.29. The Morgan fingerprint density at radius 2 is 1.93 bits per heavy atom. The summed E-state index contributed by atoms with van der Waals surface area (Å²) in [6.45, 7) is 4.24. The molecule has 158 valence electrons. The minimum atomic E-state index is -0.441. The standard InChI is InChI=1S/C23H26N2O5/c1-2-28-23(27)17-6-3-4-7-18(17)24-22(26)15-25-11-5-8-19(25)16-9-10-20-21(14-16)30-13-12-29-20/h3-4,6-7,9-10,14,19H,2,5,8,11-13,15H2,1H3,(H,24,26)/t19-/m1/s1. The molecule has 0 unspecified atom stereocenters. The maximum atomic E-state index is 12.8. The van der Waals surface area contributed by atoms with Crippen LogP contribution in [0.2, 0.25) is 0 Å². The fourth-order valence-corrected chi connectivity index (χ4v) is 4.01. The Hall–Kier alpha value is -3.06. The van der Waals surface area contributed by atoms with Crippen LogP contribution in [0.5, 0.6) is 11.5 Å². The number of carbonyl (C=O) groups excluding carboxylic acids is 2. The molecule has 0 bridgehead atoms. The molecule has 1 amide bonds. The second kappa shape index (κ2) is 9.17. The minimum Gasteiger partial charge on any atom is -0.486 e. The van der Waals surface area contributed by atoms with E-state index in [-0.39, 0.29) is 25.1 Å². The van der Waals surface area contributed by atoms with E-state index in [9.17, 15) is 9.59 Å². The molecule has 2 aliphatic heterocycles. The van der Waals surface area contributed by atoms with E-state index in [1.807, 2.05) is 18.2 Å². The molecule has 1 atom stereocenters. The van der Waals surface area contributed by atoms with Gasteiger partial charge in [0.05, 0.1) is 24.4 Å². The van der Waals surface area contributed by atoms with E-state index in [0.29, 0.717) is 24.5 Å². The van der Waals surface area contributed by atoms with Crippen molar-refractivity contribution in [3.8, 4) is 11.5 Å². The van der Waals surface area contributed by atoms with Gasteiger partial charge in [0.15, 0.2) is 11.5 Å². The van der Waals surface area contributed by atoms with Crippen LogP contribution in [0.15, 0.2) is 42.5 Å². The molecule has 0 radical (unpaired) electrons. The van der Waals surface area contributed by atoms with Gasteiger partial charge in [-0.05, 0) is 56.1 Å². The number of hydrogen-bond donors (Lipinski definition) is 1. The maximum Gasteiger partial charge on any atom is 0.340 e. The largest absolute Gasteiger partial charge is 0.486 e. The van der Waals surface area contributed by atoms with Gasteiger partial charge in [-0.3, -0.25) is 9.69 Å². The van der Waals surface area contributed by atoms with Crippen molar-refractivity contribution in [3.63, 3.8) is 0 Å². The maximum absolute atomic E-state index is 12.8. The highest BCUT2D eigenvalue weighted by Crippen LogP contribution is 2.37. The topological polar surface area (TPSA) is 77.1 Å². The van der Waals surface area contributed by atoms with Gasteiger partial charge in [-0.15, -0.1) is 0 Å². The van der Waals surface area contributed by atoms with Gasteiger partial charge in [0.1, 0.15) is 13.2 Å². The Morgan fingerprint density at radius 1 is 1.13 bits per heavy atom. The summed E-state index contributed by atoms with van der Waals surface area (Å²) in [5, 5.41) is 2.87. The zero-order valence-electron chi connectivity index (χ0n) is 17.1. The zero-order valence-corrected chi connectivity index (χ0v) is 17.1. The van der Waals surface area contributed by atoms with Gasteiger partial charge < -0.3 is 19.5 Å². The number of fused-ring (bicyclic) bond motifs is 1. The number of benzene rings is 2. The van der Waals surface area contributed by atoms with Crippen molar-refractivity contribution >= 4 is 17.6 Å². The monoisotopic (exact) mass is 410 g/mol. The third kappa shape index (κ3) is 4.41. The average Bonchev–Trinajstić information content (AvgIpc) is 3.22. The molecule has 0 spiro atoms. The molecule has 1 saturated heterocycles. The van der Waals surface area contributed by atoms with Crippen LogP contribution in [-0.2, 0) is 9.53 Å². The number of carbonyl (C=O) groups is 2. The van der Waals surface area contributed by atoms with Gasteiger partial charge in [-0.1, -0.05) is 18.2 Å². The van der Waals surface area contributed by atoms with E-state index in [1.165, 1.54) is 0 Å². The molecule has 2 aromatic rings. The number of likely N-dealkylation sites (tertiary alicyclic amines) is 1. The molecular formula is C23H26N2O5. The summed E-state index contributed by atoms with van der Waals surface area (Å²) in [5.74, 6) is 0.932. The normalized spacial score (nSPS) is 18.1. The van der Waals surface area contributed by atoms with Crippen LogP contribution < -0.4 is 14.8 Å². The third-order valence-corrected chi connectivity index (χ3v) is 5.36. The van der Waals surface area contributed by atoms with Gasteiger partial charge in [0.2, 0.25) is 5.91 Å². The fraction of sp³-hybridized carbons (Fsp3) is 0.391. The first-order chi connectivity index (χ1) is 14.7. The molecule has 30 heavy (non-hydrogen) atoms. The summed E-state index contributed by atoms with van der Waals surface area (Å²) in [7, 11) is 0. The number of hydrogen-bond acceptors (Lipinski definition) is 6. The van der Waals surface area contributed by atoms with E-state index in [1.54, 1.807) is 31.2 Å². The minimum absolute atomic E-state index is 0.145. The number of nitrogens with one attached hydrogen (secondary N) is 1. The van der Waals surface area contributed by atoms with Crippen molar-refractivity contribution < 1.29 is 23.8 Å². The van der Waals surface area contributed by atoms with Gasteiger partial charge in [0, 0.05) is 6.04 Å². The lowest BCUT2D eigenvalue weighted by Crippen LogP contribution is -2.33. The molecular weight excluding hydrogens is 384 g/mol. The lowest BCUT2D eigenvalue weighted by Gasteiger charge is -2.26. The molecule has 2 aliphatic rings. The molecule has 2 aromatic carbocycles. The van der Waals surface area contributed by atoms with E-state index in [2.05, 4.69) is 10.2 Å². The molecule has 0 aliphatic carbocycles. The van der Waals surface area contributed by atoms with Gasteiger partial charge in [-0.25, -0.2) is 4.79 Å². The molecule has 7 heteroatoms. The van der Waals surface area contributed by atoms with Gasteiger partial charge >= 0.3 is 5.97 Å². The van der Waals surface area contributed by atoms with Crippen molar-refractivity contribution in [2.75, 3.05) is 38.2 Å². The van der Waals surface area contributed by atoms with Gasteiger partial charge in [0.25, 0.3) is 0 Å². The summed E-state index contributed by atoms with van der Waals surface area (Å²) in [6.07, 6.45) is 2.00. The van der Waals surface area contributed by atoms with Crippen LogP contribution in [0, 0.1) is 0 Å². The second-order valence-electron chi connectivity index (χ2n) is 7.35. The van der Waals surface area contributed by atoms with Crippen LogP contribution in [-0.4, -0.2) is 49.7 Å². The number of rotatable bonds is 6. The van der Waals surface area contributed by atoms with Gasteiger partial charge in [-0.2, -0.15) is 0 Å². The Morgan fingerprint density at radius 3 is 2.77 bits per heavy atom. The predicted octanol–water partition coefficient (Wildman–Crippen LogP) is 3.41. The molecule has 2 heterocycles. The van der Waals surface area contributed by atoms with Crippen LogP contribution in [0.4, 0.5) is 5.69 Å². The smallest absolute Gasteiger partial charge is 0.340 e. The molecule has 7 nitrogen and oxygen atoms in total. The van der Waals surface area contributed by atoms with Crippen molar-refractivity contribution in [2.45, 2.75) is 25.8 Å². The first-order valence-corrected chi connectivity index (χ1v) is 10.4. The number of nitrogens with zero attached hydrogens (tertiary/aromatic N) is 1. The Balaban J connectivity index is 1.44. The molecule has 0 aromatic heterocycles. The van der Waals surface area contributed by atoms with E-state index in [4.69, 9.17) is 14.2 Å². The molecule has 1 fully saturated rings. The number of ether oxygens (including phenoxy) is 3. The number of anilines is 1. The third-order valence-electron chi connectivity index (χ3n) is 5.36. The summed E-state index contributed by atoms with van der Waals surface area (Å²) >= 11 is 0. The number of para-hydroxylation sites is 1. The predicted molar refractivity (Wildman–Crippen MR) is 112 cm³/mol. The summed E-state index contributed by atoms with van der Waals surface area (Å²) in [5.41, 5.74) is 1.95. The summed E-state index contributed by atoms with van der Waals surface area (Å²) in [4.78, 5) is 27.1. The van der Waals surface area contributed by atoms with E-state index < -0.39 is 5.97 Å². The van der Waals surface area contributed by atoms with Crippen molar-refractivity contribution in [1.82, 2.24) is 4.90 Å². The lowest BCUT2D eigenvalue weighted by molar-refractivity contribution is -0.117. The first kappa shape index (κ1) is 20.2. The average molecular weight is 410 g/mol. The quantitative estimate of drug-likeness (QED) is 0.736. The first-order valence-electron chi connectivity index (χ1n) is 10.4. The summed E-state index contributed by atoms with van der Waals surface area (Å²) in [6, 6.07) is 13.1. The van der Waals surface area contributed by atoms with E-state index >= 15 is 0 Å². The Kier molecular flexibility index (Phi) is 6.18. The second-order valence-corrected chi connectivity index (χ2v) is 7.35. The summed E-state index contributed by atoms with van der Waals surface area (Å²) < 4.78 is 16.4. The SMILES string of the molecule is CCOC(=O)c1ccccc1NC(=O)CN1CCC[C@@H]1c1ccc2c(c1)OCCO2. The highest BCUT2D eigenvalue weighted by molar-refractivity contribution is 6.01. The number of esters is 1. The Bertz CT molecular complexity index is 930. The van der Waals surface area contributed by atoms with Crippen molar-refractivity contribution in [2.24, 2.45) is 0 Å². The van der Waals surface area contributed by atoms with Crippen molar-refractivity contribution in [1.29, 1.82) is 0 Å². The molecule has 0 saturated carbocycles. The Labute approximate surface area is 175 Å². The number of amides is 1. The van der Waals surface area contributed by atoms with Crippen LogP contribution in [0.1, 0.15) is 41.7 Å². The van der Waals surface area contributed by atoms with Crippen LogP contribution in [0.3, 0.4) is 0 Å². The lowest BCUT2D eigenvalue weighted by atomic mass is 10.0. The molecule has 4 rings (SSSR count). The van der Waals surface area contributed by atoms with Crippen LogP contribution in [0.25, 0.3) is 0 Å².